The van der Waals surface area contributed by atoms with Crippen LogP contribution in [0.1, 0.15) is 25.7 Å². The molecule has 2 bridgehead atoms. The summed E-state index contributed by atoms with van der Waals surface area (Å²) in [5.74, 6) is 1.03. The molecule has 116 valence electrons. The minimum atomic E-state index is 0.666. The summed E-state index contributed by atoms with van der Waals surface area (Å²) in [6.45, 7) is 2.17. The standard InChI is InChI=1S/C17H22N4S/c1-20-14-4-2-3-5-15(20)11-21(10-14)17-7-6-16(18-19-17)13-8-9-22-12-13/h6-9,12,14-15H,2-5,10-11H2,1H3. The molecule has 4 rings (SSSR count). The highest BCUT2D eigenvalue weighted by atomic mass is 32.1. The Bertz CT molecular complexity index is 594. The normalized spacial score (nSPS) is 26.0. The van der Waals surface area contributed by atoms with E-state index in [0.29, 0.717) is 12.1 Å². The van der Waals surface area contributed by atoms with Gasteiger partial charge in [0, 0.05) is 36.1 Å². The van der Waals surface area contributed by atoms with Gasteiger partial charge in [0.1, 0.15) is 0 Å². The van der Waals surface area contributed by atoms with E-state index in [1.807, 2.05) is 0 Å². The minimum absolute atomic E-state index is 0.666. The SMILES string of the molecule is CN1C2CCCCC1CN(c1ccc(-c3ccsc3)nn1)C2. The number of thiophene rings is 1. The molecule has 0 amide bonds. The summed E-state index contributed by atoms with van der Waals surface area (Å²) in [5, 5.41) is 13.1. The summed E-state index contributed by atoms with van der Waals surface area (Å²) in [7, 11) is 2.29. The molecule has 0 saturated carbocycles. The van der Waals surface area contributed by atoms with Crippen molar-refractivity contribution in [1.29, 1.82) is 0 Å². The fraction of sp³-hybridized carbons (Fsp3) is 0.529. The maximum atomic E-state index is 4.50. The van der Waals surface area contributed by atoms with Gasteiger partial charge in [0.2, 0.25) is 0 Å². The Morgan fingerprint density at radius 2 is 1.82 bits per heavy atom. The molecule has 2 aliphatic heterocycles. The first-order chi connectivity index (χ1) is 10.8. The number of anilines is 1. The number of hydrogen-bond donors (Lipinski definition) is 0. The molecule has 5 heteroatoms. The van der Waals surface area contributed by atoms with Crippen LogP contribution in [-0.2, 0) is 0 Å². The zero-order chi connectivity index (χ0) is 14.9. The largest absolute Gasteiger partial charge is 0.352 e. The van der Waals surface area contributed by atoms with Crippen LogP contribution in [0.25, 0.3) is 11.3 Å². The van der Waals surface area contributed by atoms with Gasteiger partial charge in [0.25, 0.3) is 0 Å². The van der Waals surface area contributed by atoms with Crippen molar-refractivity contribution in [2.24, 2.45) is 0 Å². The van der Waals surface area contributed by atoms with Crippen molar-refractivity contribution in [2.45, 2.75) is 37.8 Å². The second kappa shape index (κ2) is 5.97. The van der Waals surface area contributed by atoms with Crippen molar-refractivity contribution in [3.8, 4) is 11.3 Å². The summed E-state index contributed by atoms with van der Waals surface area (Å²) in [6.07, 6.45) is 5.35. The number of fused-ring (bicyclic) bond motifs is 2. The van der Waals surface area contributed by atoms with E-state index in [1.54, 1.807) is 11.3 Å². The Kier molecular flexibility index (Phi) is 3.84. The fourth-order valence-electron chi connectivity index (χ4n) is 3.73. The molecule has 2 aromatic heterocycles. The first-order valence-corrected chi connectivity index (χ1v) is 9.09. The van der Waals surface area contributed by atoms with Crippen LogP contribution < -0.4 is 4.90 Å². The van der Waals surface area contributed by atoms with Crippen LogP contribution in [0.15, 0.2) is 29.0 Å². The lowest BCUT2D eigenvalue weighted by atomic mass is 10.1. The maximum Gasteiger partial charge on any atom is 0.151 e. The first kappa shape index (κ1) is 14.2. The van der Waals surface area contributed by atoms with Gasteiger partial charge < -0.3 is 4.90 Å². The maximum absolute atomic E-state index is 4.50. The van der Waals surface area contributed by atoms with Crippen LogP contribution in [0.4, 0.5) is 5.82 Å². The number of likely N-dealkylation sites (N-methyl/N-ethyl adjacent to an activating group) is 1. The Morgan fingerprint density at radius 3 is 2.41 bits per heavy atom. The monoisotopic (exact) mass is 314 g/mol. The van der Waals surface area contributed by atoms with Crippen molar-refractivity contribution in [1.82, 2.24) is 15.1 Å². The van der Waals surface area contributed by atoms with Crippen molar-refractivity contribution in [3.63, 3.8) is 0 Å². The third-order valence-electron chi connectivity index (χ3n) is 5.13. The second-order valence-corrected chi connectivity index (χ2v) is 7.23. The van der Waals surface area contributed by atoms with Crippen molar-refractivity contribution < 1.29 is 0 Å². The summed E-state index contributed by atoms with van der Waals surface area (Å²) in [4.78, 5) is 5.03. The Hall–Kier alpha value is -1.46. The van der Waals surface area contributed by atoms with Gasteiger partial charge in [-0.15, -0.1) is 10.2 Å². The Balaban J connectivity index is 1.54. The molecule has 2 unspecified atom stereocenters. The van der Waals surface area contributed by atoms with E-state index in [2.05, 4.69) is 56.0 Å². The molecular weight excluding hydrogens is 292 g/mol. The summed E-state index contributed by atoms with van der Waals surface area (Å²) in [5.41, 5.74) is 2.13. The number of aromatic nitrogens is 2. The van der Waals surface area contributed by atoms with Gasteiger partial charge in [0.15, 0.2) is 5.82 Å². The quantitative estimate of drug-likeness (QED) is 0.851. The van der Waals surface area contributed by atoms with Crippen LogP contribution in [0.3, 0.4) is 0 Å². The molecule has 2 aliphatic rings. The zero-order valence-corrected chi connectivity index (χ0v) is 13.8. The summed E-state index contributed by atoms with van der Waals surface area (Å²) >= 11 is 1.70. The van der Waals surface area contributed by atoms with Crippen LogP contribution in [0.2, 0.25) is 0 Å². The molecule has 0 spiro atoms. The number of rotatable bonds is 2. The minimum Gasteiger partial charge on any atom is -0.352 e. The van der Waals surface area contributed by atoms with E-state index >= 15 is 0 Å². The smallest absolute Gasteiger partial charge is 0.151 e. The van der Waals surface area contributed by atoms with E-state index in [0.717, 1.165) is 30.2 Å². The Morgan fingerprint density at radius 1 is 1.05 bits per heavy atom. The lowest BCUT2D eigenvalue weighted by Gasteiger charge is -2.44. The van der Waals surface area contributed by atoms with E-state index in [4.69, 9.17) is 0 Å². The number of nitrogens with zero attached hydrogens (tertiary/aromatic N) is 4. The molecule has 2 atom stereocenters. The van der Waals surface area contributed by atoms with Crippen LogP contribution in [0.5, 0.6) is 0 Å². The van der Waals surface area contributed by atoms with E-state index < -0.39 is 0 Å². The first-order valence-electron chi connectivity index (χ1n) is 8.14. The van der Waals surface area contributed by atoms with Gasteiger partial charge in [0.05, 0.1) is 5.69 Å². The molecule has 0 radical (unpaired) electrons. The third kappa shape index (κ3) is 2.63. The third-order valence-corrected chi connectivity index (χ3v) is 5.81. The average Bonchev–Trinajstić information content (AvgIpc) is 3.06. The van der Waals surface area contributed by atoms with Crippen LogP contribution in [0, 0.1) is 0 Å². The lowest BCUT2D eigenvalue weighted by Crippen LogP contribution is -2.56. The lowest BCUT2D eigenvalue weighted by molar-refractivity contribution is 0.149. The van der Waals surface area contributed by atoms with Crippen LogP contribution >= 0.6 is 11.3 Å². The molecule has 0 aromatic carbocycles. The fourth-order valence-corrected chi connectivity index (χ4v) is 4.38. The molecule has 22 heavy (non-hydrogen) atoms. The molecule has 2 fully saturated rings. The van der Waals surface area contributed by atoms with Gasteiger partial charge in [-0.2, -0.15) is 11.3 Å². The molecular formula is C17H22N4S. The summed E-state index contributed by atoms with van der Waals surface area (Å²) in [6, 6.07) is 7.67. The topological polar surface area (TPSA) is 32.3 Å². The zero-order valence-electron chi connectivity index (χ0n) is 13.0. The van der Waals surface area contributed by atoms with Gasteiger partial charge in [-0.25, -0.2) is 0 Å². The highest BCUT2D eigenvalue weighted by Gasteiger charge is 2.33. The molecule has 4 nitrogen and oxygen atoms in total. The number of hydrogen-bond acceptors (Lipinski definition) is 5. The van der Waals surface area contributed by atoms with Crippen molar-refractivity contribution in [2.75, 3.05) is 25.0 Å². The van der Waals surface area contributed by atoms with Gasteiger partial charge in [-0.1, -0.05) is 12.8 Å². The van der Waals surface area contributed by atoms with E-state index in [9.17, 15) is 0 Å². The van der Waals surface area contributed by atoms with Crippen molar-refractivity contribution in [3.05, 3.63) is 29.0 Å². The molecule has 2 saturated heterocycles. The second-order valence-electron chi connectivity index (χ2n) is 6.45. The average molecular weight is 314 g/mol. The predicted octanol–water partition coefficient (Wildman–Crippen LogP) is 3.27. The predicted molar refractivity (Wildman–Crippen MR) is 91.4 cm³/mol. The van der Waals surface area contributed by atoms with E-state index in [1.165, 1.54) is 25.7 Å². The van der Waals surface area contributed by atoms with Gasteiger partial charge in [-0.05, 0) is 43.5 Å². The molecule has 4 heterocycles. The van der Waals surface area contributed by atoms with Crippen LogP contribution in [-0.4, -0.2) is 47.3 Å². The van der Waals surface area contributed by atoms with Gasteiger partial charge in [-0.3, -0.25) is 4.90 Å². The van der Waals surface area contributed by atoms with Crippen molar-refractivity contribution >= 4 is 17.2 Å². The Labute approximate surface area is 135 Å². The van der Waals surface area contributed by atoms with Gasteiger partial charge >= 0.3 is 0 Å². The van der Waals surface area contributed by atoms with E-state index in [-0.39, 0.29) is 0 Å². The highest BCUT2D eigenvalue weighted by molar-refractivity contribution is 7.08. The number of piperazine rings is 1. The highest BCUT2D eigenvalue weighted by Crippen LogP contribution is 2.29. The molecule has 0 N–H and O–H groups in total. The molecule has 2 aromatic rings. The molecule has 0 aliphatic carbocycles. The summed E-state index contributed by atoms with van der Waals surface area (Å²) < 4.78 is 0.